The minimum atomic E-state index is 0.155. The summed E-state index contributed by atoms with van der Waals surface area (Å²) in [6.07, 6.45) is 9.24. The van der Waals surface area contributed by atoms with Gasteiger partial charge < -0.3 is 5.73 Å². The Kier molecular flexibility index (Phi) is 2.75. The molecule has 5 rings (SSSR count). The monoisotopic (exact) mass is 274 g/mol. The van der Waals surface area contributed by atoms with Crippen molar-refractivity contribution < 1.29 is 0 Å². The Bertz CT molecular complexity index is 481. The van der Waals surface area contributed by atoms with E-state index in [1.807, 2.05) is 18.7 Å². The van der Waals surface area contributed by atoms with Gasteiger partial charge in [0.05, 0.1) is 0 Å². The van der Waals surface area contributed by atoms with Gasteiger partial charge in [-0.3, -0.25) is 4.68 Å². The van der Waals surface area contributed by atoms with Crippen LogP contribution in [0.1, 0.15) is 57.1 Å². The Labute approximate surface area is 121 Å². The van der Waals surface area contributed by atoms with E-state index in [4.69, 9.17) is 15.8 Å². The minimum absolute atomic E-state index is 0.155. The zero-order chi connectivity index (χ0) is 13.9. The first kappa shape index (κ1) is 12.8. The number of hydrogen-bond donors (Lipinski definition) is 1. The Morgan fingerprint density at radius 2 is 1.75 bits per heavy atom. The maximum Gasteiger partial charge on any atom is 0.157 e. The Morgan fingerprint density at radius 3 is 2.25 bits per heavy atom. The Morgan fingerprint density at radius 1 is 1.20 bits per heavy atom. The minimum Gasteiger partial charge on any atom is -0.328 e. The molecular weight excluding hydrogens is 248 g/mol. The first-order valence-corrected chi connectivity index (χ1v) is 8.20. The smallest absolute Gasteiger partial charge is 0.157 e. The lowest BCUT2D eigenvalue weighted by molar-refractivity contribution is -0.00942. The molecule has 110 valence electrons. The predicted molar refractivity (Wildman–Crippen MR) is 78.2 cm³/mol. The molecule has 20 heavy (non-hydrogen) atoms. The van der Waals surface area contributed by atoms with Gasteiger partial charge in [0.1, 0.15) is 5.82 Å². The van der Waals surface area contributed by atoms with Gasteiger partial charge in [-0.25, -0.2) is 4.98 Å². The quantitative estimate of drug-likeness (QED) is 0.919. The van der Waals surface area contributed by atoms with Gasteiger partial charge in [0, 0.05) is 24.9 Å². The normalized spacial score (nSPS) is 40.2. The highest BCUT2D eigenvalue weighted by Crippen LogP contribution is 2.60. The van der Waals surface area contributed by atoms with Crippen LogP contribution in [0.15, 0.2) is 0 Å². The van der Waals surface area contributed by atoms with Gasteiger partial charge in [0.2, 0.25) is 0 Å². The maximum atomic E-state index is 5.93. The number of nitrogens with two attached hydrogens (primary N) is 1. The predicted octanol–water partition coefficient (Wildman–Crippen LogP) is 2.17. The summed E-state index contributed by atoms with van der Waals surface area (Å²) < 4.78 is 1.97. The molecule has 4 fully saturated rings. The first-order chi connectivity index (χ1) is 9.54. The number of aromatic nitrogens is 3. The van der Waals surface area contributed by atoms with Crippen LogP contribution in [0, 0.1) is 17.8 Å². The van der Waals surface area contributed by atoms with E-state index in [0.717, 1.165) is 35.8 Å². The number of nitrogens with zero attached hydrogens (tertiary/aromatic N) is 3. The molecule has 2 N–H and O–H groups in total. The third-order valence-corrected chi connectivity index (χ3v) is 5.87. The van der Waals surface area contributed by atoms with Crippen molar-refractivity contribution in [1.29, 1.82) is 0 Å². The van der Waals surface area contributed by atoms with Gasteiger partial charge in [0.15, 0.2) is 5.82 Å². The van der Waals surface area contributed by atoms with Gasteiger partial charge in [-0.15, -0.1) is 0 Å². The van der Waals surface area contributed by atoms with E-state index >= 15 is 0 Å². The van der Waals surface area contributed by atoms with Gasteiger partial charge in [0.25, 0.3) is 0 Å². The summed E-state index contributed by atoms with van der Waals surface area (Å²) in [6, 6.07) is 0.155. The van der Waals surface area contributed by atoms with Crippen LogP contribution in [0.25, 0.3) is 0 Å². The summed E-state index contributed by atoms with van der Waals surface area (Å²) in [5, 5.41) is 4.80. The van der Waals surface area contributed by atoms with E-state index in [0.29, 0.717) is 5.41 Å². The molecule has 0 aliphatic heterocycles. The summed E-state index contributed by atoms with van der Waals surface area (Å²) in [5.74, 6) is 5.03. The van der Waals surface area contributed by atoms with Crippen molar-refractivity contribution in [3.05, 3.63) is 11.6 Å². The average molecular weight is 274 g/mol. The van der Waals surface area contributed by atoms with Gasteiger partial charge in [-0.05, 0) is 63.2 Å². The lowest BCUT2D eigenvalue weighted by atomic mass is 9.49. The van der Waals surface area contributed by atoms with Crippen molar-refractivity contribution in [3.63, 3.8) is 0 Å². The molecule has 1 aromatic heterocycles. The van der Waals surface area contributed by atoms with Crippen molar-refractivity contribution in [1.82, 2.24) is 14.8 Å². The molecule has 4 aliphatic rings. The lowest BCUT2D eigenvalue weighted by Crippen LogP contribution is -2.49. The second-order valence-corrected chi connectivity index (χ2v) is 7.85. The summed E-state index contributed by atoms with van der Waals surface area (Å²) in [6.45, 7) is 2.04. The van der Waals surface area contributed by atoms with E-state index in [1.54, 1.807) is 0 Å². The Balaban J connectivity index is 1.67. The third kappa shape index (κ3) is 1.92. The molecule has 0 aromatic carbocycles. The first-order valence-electron chi connectivity index (χ1n) is 8.20. The van der Waals surface area contributed by atoms with Crippen LogP contribution in [-0.2, 0) is 18.9 Å². The SMILES string of the molecule is CC(N)Cc1nc(C23CC4CC(CC(C4)C2)C3)nn1C. The van der Waals surface area contributed by atoms with Crippen molar-refractivity contribution in [2.45, 2.75) is 63.3 Å². The average Bonchev–Trinajstić information content (AvgIpc) is 2.69. The highest BCUT2D eigenvalue weighted by molar-refractivity contribution is 5.17. The summed E-state index contributed by atoms with van der Waals surface area (Å²) in [4.78, 5) is 4.91. The highest BCUT2D eigenvalue weighted by atomic mass is 15.3. The van der Waals surface area contributed by atoms with Crippen LogP contribution in [0.5, 0.6) is 0 Å². The molecule has 0 amide bonds. The fraction of sp³-hybridized carbons (Fsp3) is 0.875. The second-order valence-electron chi connectivity index (χ2n) is 7.85. The molecule has 1 heterocycles. The second kappa shape index (κ2) is 4.30. The fourth-order valence-electron chi connectivity index (χ4n) is 5.49. The van der Waals surface area contributed by atoms with Crippen LogP contribution in [0.2, 0.25) is 0 Å². The number of rotatable bonds is 3. The lowest BCUT2D eigenvalue weighted by Gasteiger charge is -2.55. The summed E-state index contributed by atoms with van der Waals surface area (Å²) in [5.41, 5.74) is 6.24. The zero-order valence-electron chi connectivity index (χ0n) is 12.7. The maximum absolute atomic E-state index is 5.93. The third-order valence-electron chi connectivity index (χ3n) is 5.87. The van der Waals surface area contributed by atoms with Gasteiger partial charge in [-0.1, -0.05) is 0 Å². The molecule has 4 aliphatic carbocycles. The molecule has 1 aromatic rings. The van der Waals surface area contributed by atoms with Crippen LogP contribution in [-0.4, -0.2) is 20.8 Å². The molecule has 0 saturated heterocycles. The van der Waals surface area contributed by atoms with Crippen LogP contribution >= 0.6 is 0 Å². The zero-order valence-corrected chi connectivity index (χ0v) is 12.7. The van der Waals surface area contributed by atoms with Crippen molar-refractivity contribution in [3.8, 4) is 0 Å². The van der Waals surface area contributed by atoms with Crippen LogP contribution in [0.4, 0.5) is 0 Å². The molecule has 0 radical (unpaired) electrons. The van der Waals surface area contributed by atoms with Crippen molar-refractivity contribution in [2.24, 2.45) is 30.5 Å². The molecular formula is C16H26N4. The summed E-state index contributed by atoms with van der Waals surface area (Å²) >= 11 is 0. The van der Waals surface area contributed by atoms with E-state index in [9.17, 15) is 0 Å². The molecule has 4 saturated carbocycles. The van der Waals surface area contributed by atoms with E-state index < -0.39 is 0 Å². The topological polar surface area (TPSA) is 56.7 Å². The number of aryl methyl sites for hydroxylation is 1. The van der Waals surface area contributed by atoms with Crippen LogP contribution in [0.3, 0.4) is 0 Å². The largest absolute Gasteiger partial charge is 0.328 e. The standard InChI is InChI=1S/C16H26N4/c1-10(17)3-14-18-15(19-20(14)2)16-7-11-4-12(8-16)6-13(5-11)9-16/h10-13H,3-9,17H2,1-2H3. The molecule has 4 heteroatoms. The van der Waals surface area contributed by atoms with Crippen molar-refractivity contribution >= 4 is 0 Å². The Hall–Kier alpha value is -0.900. The number of hydrogen-bond acceptors (Lipinski definition) is 3. The van der Waals surface area contributed by atoms with Gasteiger partial charge >= 0.3 is 0 Å². The van der Waals surface area contributed by atoms with Crippen LogP contribution < -0.4 is 5.73 Å². The highest BCUT2D eigenvalue weighted by Gasteiger charge is 2.53. The van der Waals surface area contributed by atoms with Crippen molar-refractivity contribution in [2.75, 3.05) is 0 Å². The van der Waals surface area contributed by atoms with Gasteiger partial charge in [-0.2, -0.15) is 5.10 Å². The molecule has 1 unspecified atom stereocenters. The van der Waals surface area contributed by atoms with E-state index in [-0.39, 0.29) is 6.04 Å². The molecule has 4 bridgehead atoms. The molecule has 4 nitrogen and oxygen atoms in total. The van der Waals surface area contributed by atoms with E-state index in [2.05, 4.69) is 0 Å². The summed E-state index contributed by atoms with van der Waals surface area (Å²) in [7, 11) is 2.02. The van der Waals surface area contributed by atoms with E-state index in [1.165, 1.54) is 38.5 Å². The molecule has 1 atom stereocenters. The molecule has 0 spiro atoms. The fourth-order valence-corrected chi connectivity index (χ4v) is 5.49.